The standard InChI is InChI=1S/C33H36ClN3O7/c1-5-19(2)43-28-17-26-22(14-27(28)42-4)15-29(39)37(31(26)20-6-10-23(34)11-7-20)24-12-8-21(9-13-24)32(40)36-18-25(38)16-30(36)44-33(41)35-3/h6-14,17,19,25,30-31,38H,5,15-16,18H2,1-4H3,(H,35,41)/t19-,25-,30+,31?/m1/s1. The first-order valence-corrected chi connectivity index (χ1v) is 14.9. The molecule has 1 saturated heterocycles. The number of benzene rings is 3. The molecule has 3 amide bonds. The monoisotopic (exact) mass is 621 g/mol. The highest BCUT2D eigenvalue weighted by molar-refractivity contribution is 6.30. The predicted octanol–water partition coefficient (Wildman–Crippen LogP) is 5.09. The molecule has 0 saturated carbocycles. The smallest absolute Gasteiger partial charge is 0.408 e. The van der Waals surface area contributed by atoms with E-state index in [0.29, 0.717) is 27.8 Å². The summed E-state index contributed by atoms with van der Waals surface area (Å²) in [5, 5.41) is 13.1. The number of carbonyl (C=O) groups is 3. The third-order valence-corrected chi connectivity index (χ3v) is 8.26. The van der Waals surface area contributed by atoms with Gasteiger partial charge in [-0.05, 0) is 78.6 Å². The molecule has 2 aliphatic heterocycles. The van der Waals surface area contributed by atoms with Gasteiger partial charge in [0.1, 0.15) is 0 Å². The Bertz CT molecular complexity index is 1530. The molecule has 232 valence electrons. The molecule has 2 aliphatic rings. The van der Waals surface area contributed by atoms with Crippen LogP contribution in [0.15, 0.2) is 60.7 Å². The Morgan fingerprint density at radius 3 is 2.43 bits per heavy atom. The van der Waals surface area contributed by atoms with Crippen molar-refractivity contribution in [1.82, 2.24) is 10.2 Å². The Morgan fingerprint density at radius 2 is 1.80 bits per heavy atom. The molecule has 11 heteroatoms. The van der Waals surface area contributed by atoms with Gasteiger partial charge < -0.3 is 34.4 Å². The number of halogens is 1. The number of anilines is 1. The molecule has 4 atom stereocenters. The maximum atomic E-state index is 13.8. The molecule has 2 N–H and O–H groups in total. The molecular formula is C33H36ClN3O7. The Morgan fingerprint density at radius 1 is 1.09 bits per heavy atom. The summed E-state index contributed by atoms with van der Waals surface area (Å²) in [6.07, 6.45) is -1.36. The Kier molecular flexibility index (Phi) is 9.31. The zero-order chi connectivity index (χ0) is 31.5. The summed E-state index contributed by atoms with van der Waals surface area (Å²) in [5.41, 5.74) is 3.50. The van der Waals surface area contributed by atoms with Crippen LogP contribution in [0.1, 0.15) is 59.8 Å². The second-order valence-electron chi connectivity index (χ2n) is 10.9. The van der Waals surface area contributed by atoms with Gasteiger partial charge >= 0.3 is 6.09 Å². The van der Waals surface area contributed by atoms with Crippen LogP contribution in [0.3, 0.4) is 0 Å². The zero-order valence-corrected chi connectivity index (χ0v) is 25.8. The number of nitrogens with one attached hydrogen (secondary N) is 1. The number of alkyl carbamates (subject to hydrolysis) is 1. The zero-order valence-electron chi connectivity index (χ0n) is 25.1. The van der Waals surface area contributed by atoms with Crippen molar-refractivity contribution in [3.8, 4) is 11.5 Å². The lowest BCUT2D eigenvalue weighted by Gasteiger charge is -2.38. The van der Waals surface area contributed by atoms with E-state index in [4.69, 9.17) is 25.8 Å². The van der Waals surface area contributed by atoms with E-state index in [1.807, 2.05) is 38.1 Å². The van der Waals surface area contributed by atoms with Crippen molar-refractivity contribution in [2.45, 2.75) is 57.6 Å². The molecule has 2 heterocycles. The quantitative estimate of drug-likeness (QED) is 0.360. The number of carbonyl (C=O) groups excluding carboxylic acids is 3. The van der Waals surface area contributed by atoms with Gasteiger partial charge in [0, 0.05) is 29.7 Å². The highest BCUT2D eigenvalue weighted by Gasteiger charge is 2.39. The number of aliphatic hydroxyl groups is 1. The van der Waals surface area contributed by atoms with Crippen LogP contribution in [-0.2, 0) is 16.0 Å². The molecule has 0 radical (unpaired) electrons. The van der Waals surface area contributed by atoms with Gasteiger partial charge in [-0.1, -0.05) is 30.7 Å². The number of hydrogen-bond donors (Lipinski definition) is 2. The number of hydrogen-bond acceptors (Lipinski definition) is 7. The largest absolute Gasteiger partial charge is 0.493 e. The highest BCUT2D eigenvalue weighted by atomic mass is 35.5. The summed E-state index contributed by atoms with van der Waals surface area (Å²) >= 11 is 6.23. The van der Waals surface area contributed by atoms with Crippen molar-refractivity contribution in [2.24, 2.45) is 0 Å². The van der Waals surface area contributed by atoms with E-state index in [9.17, 15) is 19.5 Å². The second-order valence-corrected chi connectivity index (χ2v) is 11.4. The number of aliphatic hydroxyl groups excluding tert-OH is 1. The van der Waals surface area contributed by atoms with Gasteiger partial charge in [0.25, 0.3) is 5.91 Å². The van der Waals surface area contributed by atoms with Gasteiger partial charge in [0.2, 0.25) is 5.91 Å². The van der Waals surface area contributed by atoms with E-state index >= 15 is 0 Å². The Hall–Kier alpha value is -4.28. The number of nitrogens with zero attached hydrogens (tertiary/aromatic N) is 2. The number of fused-ring (bicyclic) bond motifs is 1. The van der Waals surface area contributed by atoms with E-state index in [-0.39, 0.29) is 31.4 Å². The summed E-state index contributed by atoms with van der Waals surface area (Å²) in [4.78, 5) is 42.1. The topological polar surface area (TPSA) is 118 Å². The van der Waals surface area contributed by atoms with Crippen LogP contribution < -0.4 is 19.7 Å². The molecule has 1 fully saturated rings. The van der Waals surface area contributed by atoms with Crippen LogP contribution in [0.25, 0.3) is 0 Å². The van der Waals surface area contributed by atoms with Crippen molar-refractivity contribution < 1.29 is 33.7 Å². The highest BCUT2D eigenvalue weighted by Crippen LogP contribution is 2.44. The number of ether oxygens (including phenoxy) is 3. The summed E-state index contributed by atoms with van der Waals surface area (Å²) < 4.78 is 17.1. The average molecular weight is 622 g/mol. The molecule has 1 unspecified atom stereocenters. The van der Waals surface area contributed by atoms with E-state index in [1.54, 1.807) is 48.4 Å². The number of methoxy groups -OCH3 is 1. The Labute approximate surface area is 261 Å². The van der Waals surface area contributed by atoms with Crippen LogP contribution in [-0.4, -0.2) is 67.1 Å². The van der Waals surface area contributed by atoms with Crippen molar-refractivity contribution in [1.29, 1.82) is 0 Å². The first-order valence-electron chi connectivity index (χ1n) is 14.6. The fraction of sp³-hybridized carbons (Fsp3) is 0.364. The lowest BCUT2D eigenvalue weighted by atomic mass is 9.86. The van der Waals surface area contributed by atoms with E-state index < -0.39 is 30.4 Å². The van der Waals surface area contributed by atoms with E-state index in [1.165, 1.54) is 11.9 Å². The molecule has 44 heavy (non-hydrogen) atoms. The van der Waals surface area contributed by atoms with Crippen LogP contribution >= 0.6 is 11.6 Å². The number of rotatable bonds is 8. The number of β-amino-alcohol motifs (C(OH)–C–C–N with tert-alkyl or cyclic N) is 1. The molecule has 0 spiro atoms. The van der Waals surface area contributed by atoms with Crippen LogP contribution in [0.2, 0.25) is 5.02 Å². The first-order chi connectivity index (χ1) is 21.1. The summed E-state index contributed by atoms with van der Waals surface area (Å²) in [6, 6.07) is 17.4. The third kappa shape index (κ3) is 6.32. The van der Waals surface area contributed by atoms with Crippen molar-refractivity contribution in [3.05, 3.63) is 87.9 Å². The fourth-order valence-corrected chi connectivity index (χ4v) is 5.72. The minimum atomic E-state index is -0.893. The van der Waals surface area contributed by atoms with Gasteiger partial charge in [0.15, 0.2) is 17.7 Å². The molecular weight excluding hydrogens is 586 g/mol. The average Bonchev–Trinajstić information content (AvgIpc) is 3.39. The molecule has 3 aromatic rings. The molecule has 10 nitrogen and oxygen atoms in total. The lowest BCUT2D eigenvalue weighted by Crippen LogP contribution is -2.41. The number of amides is 3. The maximum absolute atomic E-state index is 13.8. The van der Waals surface area contributed by atoms with E-state index in [2.05, 4.69) is 5.32 Å². The normalized spacial score (nSPS) is 20.1. The molecule has 5 rings (SSSR count). The molecule has 0 bridgehead atoms. The van der Waals surface area contributed by atoms with Gasteiger partial charge in [-0.15, -0.1) is 0 Å². The van der Waals surface area contributed by atoms with Crippen LogP contribution in [0, 0.1) is 0 Å². The summed E-state index contributed by atoms with van der Waals surface area (Å²) in [5.74, 6) is 0.631. The fourth-order valence-electron chi connectivity index (χ4n) is 5.59. The van der Waals surface area contributed by atoms with Gasteiger partial charge in [-0.3, -0.25) is 9.59 Å². The SMILES string of the molecule is CC[C@@H](C)Oc1cc2c(cc1OC)CC(=O)N(c1ccc(C(=O)N3C[C@H](O)C[C@@H]3OC(=O)NC)cc1)C2c1ccc(Cl)cc1. The second kappa shape index (κ2) is 13.2. The number of likely N-dealkylation sites (tertiary alicyclic amines) is 1. The van der Waals surface area contributed by atoms with Crippen molar-refractivity contribution in [3.63, 3.8) is 0 Å². The minimum absolute atomic E-state index is 0.0345. The van der Waals surface area contributed by atoms with Crippen molar-refractivity contribution in [2.75, 3.05) is 25.6 Å². The Balaban J connectivity index is 1.52. The van der Waals surface area contributed by atoms with Crippen molar-refractivity contribution >= 4 is 35.2 Å². The summed E-state index contributed by atoms with van der Waals surface area (Å²) in [7, 11) is 3.00. The van der Waals surface area contributed by atoms with Crippen LogP contribution in [0.4, 0.5) is 10.5 Å². The first kappa shape index (κ1) is 31.2. The van der Waals surface area contributed by atoms with Crippen LogP contribution in [0.5, 0.6) is 11.5 Å². The van der Waals surface area contributed by atoms with Gasteiger partial charge in [-0.2, -0.15) is 0 Å². The molecule has 0 aliphatic carbocycles. The third-order valence-electron chi connectivity index (χ3n) is 8.01. The molecule has 0 aromatic heterocycles. The van der Waals surface area contributed by atoms with E-state index in [0.717, 1.165) is 23.1 Å². The maximum Gasteiger partial charge on any atom is 0.408 e. The van der Waals surface area contributed by atoms with Gasteiger partial charge in [0.05, 0.1) is 38.3 Å². The van der Waals surface area contributed by atoms with Gasteiger partial charge in [-0.25, -0.2) is 4.79 Å². The lowest BCUT2D eigenvalue weighted by molar-refractivity contribution is -0.118. The minimum Gasteiger partial charge on any atom is -0.493 e. The summed E-state index contributed by atoms with van der Waals surface area (Å²) in [6.45, 7) is 4.07. The predicted molar refractivity (Wildman–Crippen MR) is 165 cm³/mol. The molecule has 3 aromatic carbocycles.